The summed E-state index contributed by atoms with van der Waals surface area (Å²) in [5, 5.41) is 6.92. The van der Waals surface area contributed by atoms with E-state index in [1.165, 1.54) is 17.5 Å². The Kier molecular flexibility index (Phi) is 5.15. The molecule has 0 saturated carbocycles. The van der Waals surface area contributed by atoms with E-state index in [4.69, 9.17) is 4.52 Å². The van der Waals surface area contributed by atoms with E-state index < -0.39 is 0 Å². The molecule has 3 rings (SSSR count). The fourth-order valence-corrected chi connectivity index (χ4v) is 3.72. The van der Waals surface area contributed by atoms with E-state index in [2.05, 4.69) is 55.3 Å². The van der Waals surface area contributed by atoms with Crippen LogP contribution < -0.4 is 5.32 Å². The maximum absolute atomic E-state index is 12.6. The number of aromatic nitrogens is 2. The van der Waals surface area contributed by atoms with Gasteiger partial charge >= 0.3 is 0 Å². The van der Waals surface area contributed by atoms with Gasteiger partial charge in [0.2, 0.25) is 5.89 Å². The molecule has 0 radical (unpaired) electrons. The third kappa shape index (κ3) is 4.07. The molecular weight excluding hydrogens is 338 g/mol. The zero-order valence-corrected chi connectivity index (χ0v) is 17.3. The van der Waals surface area contributed by atoms with Gasteiger partial charge < -0.3 is 9.84 Å². The lowest BCUT2D eigenvalue weighted by Gasteiger charge is -2.42. The number of carbonyl (C=O) groups excluding carboxylic acids is 1. The molecule has 1 heterocycles. The largest absolute Gasteiger partial charge is 0.352 e. The number of hydrogen-bond acceptors (Lipinski definition) is 4. The van der Waals surface area contributed by atoms with Gasteiger partial charge in [0.05, 0.1) is 0 Å². The molecule has 2 aromatic rings. The van der Waals surface area contributed by atoms with Crippen LogP contribution in [0.5, 0.6) is 0 Å². The molecule has 5 nitrogen and oxygen atoms in total. The van der Waals surface area contributed by atoms with E-state index in [1.807, 2.05) is 19.9 Å². The average molecular weight is 370 g/mol. The minimum atomic E-state index is -0.0550. The molecule has 146 valence electrons. The summed E-state index contributed by atoms with van der Waals surface area (Å²) in [4.78, 5) is 17.0. The number of benzene rings is 1. The molecule has 1 aromatic heterocycles. The van der Waals surface area contributed by atoms with Crippen molar-refractivity contribution < 1.29 is 9.32 Å². The summed E-state index contributed by atoms with van der Waals surface area (Å²) in [5.74, 6) is 1.45. The SMILES string of the molecule is CC(C)c1noc(CCNC(=O)c2ccc3c(c2)C(C)(C)CCC3(C)C)n1. The molecular formula is C22H31N3O2. The Morgan fingerprint density at radius 3 is 2.44 bits per heavy atom. The van der Waals surface area contributed by atoms with Crippen LogP contribution in [0.2, 0.25) is 0 Å². The number of fused-ring (bicyclic) bond motifs is 1. The molecule has 0 aliphatic heterocycles. The summed E-state index contributed by atoms with van der Waals surface area (Å²) < 4.78 is 5.23. The van der Waals surface area contributed by atoms with Crippen LogP contribution in [0.3, 0.4) is 0 Å². The first-order valence-electron chi connectivity index (χ1n) is 9.86. The van der Waals surface area contributed by atoms with Crippen LogP contribution >= 0.6 is 0 Å². The number of hydrogen-bond donors (Lipinski definition) is 1. The van der Waals surface area contributed by atoms with Crippen LogP contribution in [0.4, 0.5) is 0 Å². The van der Waals surface area contributed by atoms with Gasteiger partial charge in [-0.15, -0.1) is 0 Å². The molecule has 1 aliphatic carbocycles. The molecule has 1 aliphatic rings. The third-order valence-corrected chi connectivity index (χ3v) is 5.74. The highest BCUT2D eigenvalue weighted by molar-refractivity contribution is 5.94. The van der Waals surface area contributed by atoms with Crippen molar-refractivity contribution in [3.8, 4) is 0 Å². The predicted molar refractivity (Wildman–Crippen MR) is 106 cm³/mol. The lowest BCUT2D eigenvalue weighted by atomic mass is 9.63. The molecule has 27 heavy (non-hydrogen) atoms. The van der Waals surface area contributed by atoms with Crippen molar-refractivity contribution in [2.75, 3.05) is 6.54 Å². The predicted octanol–water partition coefficient (Wildman–Crippen LogP) is 4.51. The van der Waals surface area contributed by atoms with E-state index in [-0.39, 0.29) is 22.7 Å². The molecule has 0 fully saturated rings. The first kappa shape index (κ1) is 19.6. The third-order valence-electron chi connectivity index (χ3n) is 5.74. The van der Waals surface area contributed by atoms with E-state index in [9.17, 15) is 4.79 Å². The second kappa shape index (κ2) is 7.10. The van der Waals surface area contributed by atoms with Crippen LogP contribution in [0.1, 0.15) is 93.5 Å². The Hall–Kier alpha value is -2.17. The van der Waals surface area contributed by atoms with Crippen molar-refractivity contribution >= 4 is 5.91 Å². The van der Waals surface area contributed by atoms with Crippen LogP contribution in [0.15, 0.2) is 22.7 Å². The average Bonchev–Trinajstić information content (AvgIpc) is 3.08. The molecule has 1 amide bonds. The number of rotatable bonds is 5. The first-order chi connectivity index (χ1) is 12.6. The van der Waals surface area contributed by atoms with Crippen LogP contribution in [0, 0.1) is 0 Å². The van der Waals surface area contributed by atoms with Crippen molar-refractivity contribution in [2.45, 2.75) is 77.6 Å². The second-order valence-corrected chi connectivity index (χ2v) is 9.24. The first-order valence-corrected chi connectivity index (χ1v) is 9.86. The smallest absolute Gasteiger partial charge is 0.251 e. The monoisotopic (exact) mass is 369 g/mol. The summed E-state index contributed by atoms with van der Waals surface area (Å²) in [7, 11) is 0. The van der Waals surface area contributed by atoms with Crippen molar-refractivity contribution in [3.63, 3.8) is 0 Å². The lowest BCUT2D eigenvalue weighted by Crippen LogP contribution is -2.34. The van der Waals surface area contributed by atoms with Crippen LogP contribution in [0.25, 0.3) is 0 Å². The van der Waals surface area contributed by atoms with E-state index in [1.54, 1.807) is 0 Å². The van der Waals surface area contributed by atoms with Crippen LogP contribution in [-0.4, -0.2) is 22.6 Å². The Labute approximate surface area is 161 Å². The quantitative estimate of drug-likeness (QED) is 0.842. The van der Waals surface area contributed by atoms with Gasteiger partial charge in [-0.1, -0.05) is 52.8 Å². The summed E-state index contributed by atoms with van der Waals surface area (Å²) in [6.07, 6.45) is 2.84. The van der Waals surface area contributed by atoms with Crippen molar-refractivity contribution in [2.24, 2.45) is 0 Å². The minimum absolute atomic E-state index is 0.0550. The van der Waals surface area contributed by atoms with E-state index in [0.29, 0.717) is 30.2 Å². The van der Waals surface area contributed by atoms with Crippen LogP contribution in [-0.2, 0) is 17.3 Å². The Balaban J connectivity index is 1.68. The topological polar surface area (TPSA) is 68.0 Å². The summed E-state index contributed by atoms with van der Waals surface area (Å²) in [5.41, 5.74) is 3.63. The summed E-state index contributed by atoms with van der Waals surface area (Å²) in [6, 6.07) is 6.16. The summed E-state index contributed by atoms with van der Waals surface area (Å²) in [6.45, 7) is 13.6. The van der Waals surface area contributed by atoms with Gasteiger partial charge in [-0.05, 0) is 46.9 Å². The number of carbonyl (C=O) groups is 1. The van der Waals surface area contributed by atoms with Gasteiger partial charge in [0.1, 0.15) is 0 Å². The molecule has 0 saturated heterocycles. The van der Waals surface area contributed by atoms with E-state index in [0.717, 1.165) is 6.42 Å². The van der Waals surface area contributed by atoms with Gasteiger partial charge in [0.25, 0.3) is 5.91 Å². The molecule has 1 N–H and O–H groups in total. The highest BCUT2D eigenvalue weighted by Crippen LogP contribution is 2.45. The normalized spacial score (nSPS) is 17.6. The Morgan fingerprint density at radius 1 is 1.15 bits per heavy atom. The second-order valence-electron chi connectivity index (χ2n) is 9.24. The molecule has 0 bridgehead atoms. The maximum Gasteiger partial charge on any atom is 0.251 e. The van der Waals surface area contributed by atoms with Gasteiger partial charge in [0.15, 0.2) is 5.82 Å². The fourth-order valence-electron chi connectivity index (χ4n) is 3.72. The standard InChI is InChI=1S/C22H31N3O2/c1-14(2)19-24-18(27-25-19)9-12-23-20(26)15-7-8-16-17(13-15)22(5,6)11-10-21(16,3)4/h7-8,13-14H,9-12H2,1-6H3,(H,23,26). The van der Waals surface area contributed by atoms with Crippen molar-refractivity contribution in [3.05, 3.63) is 46.6 Å². The molecule has 0 spiro atoms. The highest BCUT2D eigenvalue weighted by Gasteiger charge is 2.37. The van der Waals surface area contributed by atoms with E-state index >= 15 is 0 Å². The Morgan fingerprint density at radius 2 is 1.81 bits per heavy atom. The minimum Gasteiger partial charge on any atom is -0.352 e. The number of nitrogens with one attached hydrogen (secondary N) is 1. The van der Waals surface area contributed by atoms with Crippen molar-refractivity contribution in [1.82, 2.24) is 15.5 Å². The molecule has 1 aromatic carbocycles. The lowest BCUT2D eigenvalue weighted by molar-refractivity contribution is 0.0953. The maximum atomic E-state index is 12.6. The molecule has 0 unspecified atom stereocenters. The van der Waals surface area contributed by atoms with Gasteiger partial charge in [-0.25, -0.2) is 0 Å². The molecule has 5 heteroatoms. The van der Waals surface area contributed by atoms with Crippen molar-refractivity contribution in [1.29, 1.82) is 0 Å². The number of nitrogens with zero attached hydrogens (tertiary/aromatic N) is 2. The zero-order chi connectivity index (χ0) is 19.8. The van der Waals surface area contributed by atoms with Gasteiger partial charge in [-0.2, -0.15) is 4.98 Å². The zero-order valence-electron chi connectivity index (χ0n) is 17.3. The Bertz CT molecular complexity index is 834. The highest BCUT2D eigenvalue weighted by atomic mass is 16.5. The fraction of sp³-hybridized carbons (Fsp3) is 0.591. The van der Waals surface area contributed by atoms with Gasteiger partial charge in [0, 0.05) is 24.4 Å². The number of amides is 1. The molecule has 0 atom stereocenters. The summed E-state index contributed by atoms with van der Waals surface area (Å²) >= 11 is 0. The van der Waals surface area contributed by atoms with Gasteiger partial charge in [-0.3, -0.25) is 4.79 Å².